The Morgan fingerprint density at radius 1 is 1.05 bits per heavy atom. The molecule has 208 valence electrons. The molecule has 1 fully saturated rings. The van der Waals surface area contributed by atoms with Gasteiger partial charge < -0.3 is 10.1 Å². The molecule has 1 saturated heterocycles. The van der Waals surface area contributed by atoms with Crippen molar-refractivity contribution in [3.05, 3.63) is 95.6 Å². The minimum absolute atomic E-state index is 0.157. The number of carbonyl (C=O) groups excluding carboxylic acids is 3. The van der Waals surface area contributed by atoms with Gasteiger partial charge in [0.05, 0.1) is 28.7 Å². The van der Waals surface area contributed by atoms with E-state index in [-0.39, 0.29) is 22.8 Å². The maximum Gasteiger partial charge on any atom is 0.308 e. The van der Waals surface area contributed by atoms with Crippen LogP contribution in [0.25, 0.3) is 0 Å². The second-order valence-corrected chi connectivity index (χ2v) is 12.3. The van der Waals surface area contributed by atoms with Crippen LogP contribution in [0.15, 0.2) is 75.9 Å². The summed E-state index contributed by atoms with van der Waals surface area (Å²) < 4.78 is 6.49. The monoisotopic (exact) mass is 608 g/mol. The summed E-state index contributed by atoms with van der Waals surface area (Å²) in [6, 6.07) is 15.7. The number of nitrogens with zero attached hydrogens (tertiary/aromatic N) is 3. The molecule has 3 amide bonds. The van der Waals surface area contributed by atoms with Crippen LogP contribution in [0.4, 0.5) is 17.1 Å². The first-order valence-electron chi connectivity index (χ1n) is 12.3. The Bertz CT molecular complexity index is 1730. The number of nitro benzene ring substituents is 1. The van der Waals surface area contributed by atoms with Gasteiger partial charge in [-0.15, -0.1) is 11.3 Å². The predicted molar refractivity (Wildman–Crippen MR) is 155 cm³/mol. The fourth-order valence-electron chi connectivity index (χ4n) is 5.03. The van der Waals surface area contributed by atoms with Crippen molar-refractivity contribution in [1.29, 1.82) is 0 Å². The highest BCUT2D eigenvalue weighted by molar-refractivity contribution is 8.00. The maximum absolute atomic E-state index is 13.8. The van der Waals surface area contributed by atoms with E-state index in [2.05, 4.69) is 5.32 Å². The number of nitro groups is 1. The number of methoxy groups -OCH3 is 1. The third kappa shape index (κ3) is 4.73. The van der Waals surface area contributed by atoms with Crippen LogP contribution < -0.4 is 19.8 Å². The summed E-state index contributed by atoms with van der Waals surface area (Å²) in [5.41, 5.74) is 0.618. The number of aromatic nitrogens is 1. The molecule has 41 heavy (non-hydrogen) atoms. The van der Waals surface area contributed by atoms with E-state index in [1.165, 1.54) is 40.2 Å². The Kier molecular flexibility index (Phi) is 6.97. The summed E-state index contributed by atoms with van der Waals surface area (Å²) in [4.78, 5) is 66.4. The molecule has 0 unspecified atom stereocenters. The Morgan fingerprint density at radius 2 is 1.78 bits per heavy atom. The zero-order valence-electron chi connectivity index (χ0n) is 21.2. The molecule has 0 saturated carbocycles. The second-order valence-electron chi connectivity index (χ2n) is 9.24. The van der Waals surface area contributed by atoms with E-state index < -0.39 is 39.7 Å². The van der Waals surface area contributed by atoms with Crippen LogP contribution in [0.5, 0.6) is 5.75 Å². The van der Waals surface area contributed by atoms with Crippen molar-refractivity contribution in [1.82, 2.24) is 4.57 Å². The van der Waals surface area contributed by atoms with E-state index in [1.54, 1.807) is 31.4 Å². The fraction of sp³-hybridized carbons (Fsp3) is 0.185. The largest absolute Gasteiger partial charge is 0.497 e. The molecule has 4 aromatic rings. The summed E-state index contributed by atoms with van der Waals surface area (Å²) in [5.74, 6) is -2.04. The number of thioether (sulfide) groups is 1. The van der Waals surface area contributed by atoms with Crippen molar-refractivity contribution >= 4 is 69.2 Å². The maximum atomic E-state index is 13.8. The van der Waals surface area contributed by atoms with Crippen LogP contribution in [0, 0.1) is 16.0 Å². The van der Waals surface area contributed by atoms with Gasteiger partial charge in [-0.3, -0.25) is 33.9 Å². The van der Waals surface area contributed by atoms with Gasteiger partial charge >= 0.3 is 4.87 Å². The summed E-state index contributed by atoms with van der Waals surface area (Å²) in [5, 5.41) is 15.4. The molecule has 2 aliphatic rings. The number of amides is 3. The van der Waals surface area contributed by atoms with Gasteiger partial charge in [0.25, 0.3) is 5.69 Å². The first kappa shape index (κ1) is 26.9. The van der Waals surface area contributed by atoms with Crippen molar-refractivity contribution in [3.63, 3.8) is 0 Å². The number of thiophene rings is 1. The average molecular weight is 609 g/mol. The Morgan fingerprint density at radius 3 is 2.41 bits per heavy atom. The number of hydrogen-bond donors (Lipinski definition) is 1. The van der Waals surface area contributed by atoms with Crippen LogP contribution in [0.3, 0.4) is 0 Å². The first-order chi connectivity index (χ1) is 19.8. The quantitative estimate of drug-likeness (QED) is 0.186. The molecule has 3 atom stereocenters. The van der Waals surface area contributed by atoms with Crippen LogP contribution in [0.2, 0.25) is 0 Å². The molecule has 0 bridgehead atoms. The normalized spacial score (nSPS) is 19.5. The standard InChI is InChI=1S/C27H20N4O7S3/c1-38-17-10-4-14(5-11-17)28-19(32)13-29-26-23(41-27(29)35)20(18-3-2-12-39-18)21-22(40-26)25(34)30(24(21)33)15-6-8-16(9-7-15)31(36)37/h2-12,20-22H,13H2,1H3,(H,28,32)/t20-,21-,22+/m0/s1. The van der Waals surface area contributed by atoms with Crippen LogP contribution in [-0.4, -0.2) is 39.6 Å². The zero-order valence-corrected chi connectivity index (χ0v) is 23.7. The lowest BCUT2D eigenvalue weighted by atomic mass is 9.87. The molecule has 1 N–H and O–H groups in total. The van der Waals surface area contributed by atoms with Crippen molar-refractivity contribution < 1.29 is 24.0 Å². The molecule has 14 heteroatoms. The topological polar surface area (TPSA) is 141 Å². The smallest absolute Gasteiger partial charge is 0.308 e. The number of imide groups is 1. The first-order valence-corrected chi connectivity index (χ1v) is 14.8. The number of carbonyl (C=O) groups is 3. The molecule has 2 aromatic heterocycles. The van der Waals surface area contributed by atoms with Crippen molar-refractivity contribution in [2.24, 2.45) is 5.92 Å². The lowest BCUT2D eigenvalue weighted by Gasteiger charge is -2.29. The van der Waals surface area contributed by atoms with Gasteiger partial charge in [0.1, 0.15) is 17.5 Å². The Balaban J connectivity index is 1.34. The fourth-order valence-corrected chi connectivity index (χ4v) is 8.75. The number of fused-ring (bicyclic) bond motifs is 2. The van der Waals surface area contributed by atoms with Gasteiger partial charge in [-0.1, -0.05) is 29.2 Å². The summed E-state index contributed by atoms with van der Waals surface area (Å²) in [7, 11) is 1.54. The van der Waals surface area contributed by atoms with Crippen LogP contribution in [0.1, 0.15) is 15.7 Å². The molecule has 2 aromatic carbocycles. The highest BCUT2D eigenvalue weighted by atomic mass is 32.2. The van der Waals surface area contributed by atoms with E-state index in [0.29, 0.717) is 21.3 Å². The molecule has 0 spiro atoms. The van der Waals surface area contributed by atoms with Crippen LogP contribution in [-0.2, 0) is 20.9 Å². The summed E-state index contributed by atoms with van der Waals surface area (Å²) in [6.07, 6.45) is 0. The number of rotatable bonds is 7. The van der Waals surface area contributed by atoms with Gasteiger partial charge in [-0.2, -0.15) is 0 Å². The van der Waals surface area contributed by atoms with Crippen molar-refractivity contribution in [2.45, 2.75) is 22.7 Å². The van der Waals surface area contributed by atoms with E-state index >= 15 is 0 Å². The van der Waals surface area contributed by atoms with Gasteiger partial charge in [0.2, 0.25) is 17.7 Å². The number of anilines is 2. The molecular formula is C27H20N4O7S3. The average Bonchev–Trinajstić information content (AvgIpc) is 3.66. The zero-order chi connectivity index (χ0) is 28.8. The van der Waals surface area contributed by atoms with Gasteiger partial charge in [0.15, 0.2) is 0 Å². The highest BCUT2D eigenvalue weighted by Gasteiger charge is 2.57. The molecule has 6 rings (SSSR count). The number of thiazole rings is 1. The van der Waals surface area contributed by atoms with Gasteiger partial charge in [-0.05, 0) is 47.8 Å². The third-order valence-corrected chi connectivity index (χ3v) is 10.5. The molecule has 2 aliphatic heterocycles. The Labute approximate surface area is 244 Å². The van der Waals surface area contributed by atoms with Crippen molar-refractivity contribution in [2.75, 3.05) is 17.3 Å². The van der Waals surface area contributed by atoms with E-state index in [0.717, 1.165) is 32.9 Å². The number of hydrogen-bond acceptors (Lipinski definition) is 10. The molecular weight excluding hydrogens is 589 g/mol. The number of non-ortho nitro benzene ring substituents is 1. The molecule has 11 nitrogen and oxygen atoms in total. The van der Waals surface area contributed by atoms with Gasteiger partial charge in [-0.25, -0.2) is 4.90 Å². The minimum Gasteiger partial charge on any atom is -0.497 e. The minimum atomic E-state index is -0.845. The Hall–Kier alpha value is -4.27. The lowest BCUT2D eigenvalue weighted by molar-refractivity contribution is -0.384. The molecule has 0 aliphatic carbocycles. The van der Waals surface area contributed by atoms with E-state index in [4.69, 9.17) is 4.74 Å². The summed E-state index contributed by atoms with van der Waals surface area (Å²) in [6.45, 7) is -0.271. The number of benzene rings is 2. The number of ether oxygens (including phenoxy) is 1. The van der Waals surface area contributed by atoms with E-state index in [1.807, 2.05) is 17.5 Å². The lowest BCUT2D eigenvalue weighted by Crippen LogP contribution is -2.32. The molecule has 0 radical (unpaired) electrons. The van der Waals surface area contributed by atoms with Crippen LogP contribution >= 0.6 is 34.4 Å². The summed E-state index contributed by atoms with van der Waals surface area (Å²) >= 11 is 3.50. The highest BCUT2D eigenvalue weighted by Crippen LogP contribution is 2.54. The predicted octanol–water partition coefficient (Wildman–Crippen LogP) is 4.32. The third-order valence-electron chi connectivity index (χ3n) is 6.89. The number of nitrogens with one attached hydrogen (secondary N) is 1. The van der Waals surface area contributed by atoms with E-state index in [9.17, 15) is 29.3 Å². The SMILES string of the molecule is COc1ccc(NC(=O)Cn2c3c(sc2=O)[C@@H](c2cccs2)[C@@H]2C(=O)N(c4ccc([N+](=O)[O-])cc4)C(=O)[C@@H]2S3)cc1. The second kappa shape index (κ2) is 10.6. The molecule has 4 heterocycles. The van der Waals surface area contributed by atoms with Crippen molar-refractivity contribution in [3.8, 4) is 5.75 Å². The van der Waals surface area contributed by atoms with Gasteiger partial charge in [0, 0.05) is 33.5 Å².